The van der Waals surface area contributed by atoms with Crippen LogP contribution in [0.2, 0.25) is 0 Å². The Kier molecular flexibility index (Phi) is 5.66. The van der Waals surface area contributed by atoms with Gasteiger partial charge in [0.15, 0.2) is 0 Å². The molecule has 1 saturated heterocycles. The molecule has 2 aliphatic rings. The molecular weight excluding hydrogens is 434 g/mol. The highest BCUT2D eigenvalue weighted by Crippen LogP contribution is 2.45. The second kappa shape index (κ2) is 8.63. The molecule has 6 nitrogen and oxygen atoms in total. The number of amides is 2. The summed E-state index contributed by atoms with van der Waals surface area (Å²) in [5.41, 5.74) is 3.05. The number of nitrogens with zero attached hydrogens (tertiary/aromatic N) is 3. The summed E-state index contributed by atoms with van der Waals surface area (Å²) in [5.74, 6) is -0.202. The highest BCUT2D eigenvalue weighted by Gasteiger charge is 2.43. The number of rotatable bonds is 6. The Morgan fingerprint density at radius 1 is 1.18 bits per heavy atom. The van der Waals surface area contributed by atoms with E-state index in [1.54, 1.807) is 11.3 Å². The molecule has 0 bridgehead atoms. The lowest BCUT2D eigenvalue weighted by Gasteiger charge is -2.32. The fourth-order valence-corrected chi connectivity index (χ4v) is 5.76. The molecule has 0 saturated carbocycles. The second-order valence-corrected chi connectivity index (χ2v) is 10.3. The number of imide groups is 1. The Hall–Kier alpha value is -3.19. The molecule has 2 amide bonds. The minimum atomic E-state index is -0.547. The lowest BCUT2D eigenvalue weighted by Crippen LogP contribution is -2.42. The molecule has 0 unspecified atom stereocenters. The van der Waals surface area contributed by atoms with Crippen LogP contribution in [-0.4, -0.2) is 41.1 Å². The average Bonchev–Trinajstić information content (AvgIpc) is 3.52. The van der Waals surface area contributed by atoms with Gasteiger partial charge in [0.05, 0.1) is 29.9 Å². The zero-order chi connectivity index (χ0) is 23.0. The largest absolute Gasteiger partial charge is 0.447 e. The number of hydrogen-bond donors (Lipinski definition) is 0. The molecule has 1 fully saturated rings. The first-order valence-electron chi connectivity index (χ1n) is 11.2. The van der Waals surface area contributed by atoms with Crippen LogP contribution in [0.3, 0.4) is 0 Å². The molecular formula is C26H27N3O3S. The van der Waals surface area contributed by atoms with Gasteiger partial charge in [0, 0.05) is 23.0 Å². The van der Waals surface area contributed by atoms with E-state index in [-0.39, 0.29) is 36.4 Å². The van der Waals surface area contributed by atoms with Crippen LogP contribution in [0.15, 0.2) is 66.2 Å². The number of aromatic nitrogens is 1. The number of pyridine rings is 1. The van der Waals surface area contributed by atoms with E-state index < -0.39 is 6.09 Å². The molecule has 3 aromatic rings. The van der Waals surface area contributed by atoms with Gasteiger partial charge in [-0.25, -0.2) is 9.69 Å². The van der Waals surface area contributed by atoms with Crippen molar-refractivity contribution in [1.29, 1.82) is 0 Å². The first kappa shape index (κ1) is 21.6. The smallest absolute Gasteiger partial charge is 0.416 e. The van der Waals surface area contributed by atoms with Crippen molar-refractivity contribution in [2.45, 2.75) is 44.2 Å². The predicted molar refractivity (Wildman–Crippen MR) is 128 cm³/mol. The van der Waals surface area contributed by atoms with Crippen molar-refractivity contribution in [2.75, 3.05) is 18.1 Å². The number of cyclic esters (lactones) is 1. The van der Waals surface area contributed by atoms with Gasteiger partial charge in [-0.3, -0.25) is 9.78 Å². The molecule has 2 aromatic heterocycles. The van der Waals surface area contributed by atoms with E-state index in [0.717, 1.165) is 28.4 Å². The third kappa shape index (κ3) is 4.13. The topological polar surface area (TPSA) is 62.7 Å². The van der Waals surface area contributed by atoms with Gasteiger partial charge in [0.1, 0.15) is 6.61 Å². The highest BCUT2D eigenvalue weighted by molar-refractivity contribution is 7.10. The molecule has 33 heavy (non-hydrogen) atoms. The van der Waals surface area contributed by atoms with Crippen LogP contribution in [0.1, 0.15) is 42.4 Å². The molecule has 1 aromatic carbocycles. The minimum absolute atomic E-state index is 0.127. The molecule has 2 aliphatic heterocycles. The van der Waals surface area contributed by atoms with Crippen molar-refractivity contribution >= 4 is 29.0 Å². The molecule has 7 heteroatoms. The lowest BCUT2D eigenvalue weighted by molar-refractivity contribution is -0.129. The number of benzene rings is 1. The molecule has 0 N–H and O–H groups in total. The van der Waals surface area contributed by atoms with Gasteiger partial charge in [0.25, 0.3) is 0 Å². The van der Waals surface area contributed by atoms with Crippen LogP contribution >= 0.6 is 11.3 Å². The third-order valence-corrected chi connectivity index (χ3v) is 7.44. The van der Waals surface area contributed by atoms with Gasteiger partial charge in [-0.15, -0.1) is 11.3 Å². The van der Waals surface area contributed by atoms with Crippen molar-refractivity contribution < 1.29 is 14.3 Å². The second-order valence-electron chi connectivity index (χ2n) is 9.30. The lowest BCUT2D eigenvalue weighted by atomic mass is 9.91. The number of thiophene rings is 1. The van der Waals surface area contributed by atoms with E-state index >= 15 is 0 Å². The summed E-state index contributed by atoms with van der Waals surface area (Å²) in [7, 11) is 0. The van der Waals surface area contributed by atoms with Crippen molar-refractivity contribution in [2.24, 2.45) is 0 Å². The Balaban J connectivity index is 1.42. The third-order valence-electron chi connectivity index (χ3n) is 6.46. The quantitative estimate of drug-likeness (QED) is 0.519. The molecule has 5 rings (SSSR count). The van der Waals surface area contributed by atoms with Crippen molar-refractivity contribution in [1.82, 2.24) is 9.88 Å². The Bertz CT molecular complexity index is 1150. The number of anilines is 1. The first-order valence-corrected chi connectivity index (χ1v) is 12.1. The number of carbonyl (C=O) groups excluding carboxylic acids is 2. The fourth-order valence-electron chi connectivity index (χ4n) is 4.93. The molecule has 0 radical (unpaired) electrons. The number of fused-ring (bicyclic) bond motifs is 1. The summed E-state index contributed by atoms with van der Waals surface area (Å²) in [6.07, 6.45) is 2.07. The highest BCUT2D eigenvalue weighted by atomic mass is 32.1. The van der Waals surface area contributed by atoms with Gasteiger partial charge in [0.2, 0.25) is 5.91 Å². The van der Waals surface area contributed by atoms with Crippen LogP contribution in [-0.2, 0) is 21.4 Å². The Morgan fingerprint density at radius 2 is 2.00 bits per heavy atom. The van der Waals surface area contributed by atoms with Crippen LogP contribution in [0.25, 0.3) is 0 Å². The van der Waals surface area contributed by atoms with Crippen molar-refractivity contribution in [3.63, 3.8) is 0 Å². The van der Waals surface area contributed by atoms with E-state index in [1.807, 2.05) is 54.0 Å². The molecule has 0 aliphatic carbocycles. The monoisotopic (exact) mass is 461 g/mol. The van der Waals surface area contributed by atoms with E-state index in [1.165, 1.54) is 4.90 Å². The Morgan fingerprint density at radius 3 is 2.76 bits per heavy atom. The van der Waals surface area contributed by atoms with E-state index in [9.17, 15) is 9.59 Å². The summed E-state index contributed by atoms with van der Waals surface area (Å²) < 4.78 is 5.30. The van der Waals surface area contributed by atoms with Crippen LogP contribution in [0.4, 0.5) is 10.5 Å². The number of ether oxygens (including phenoxy) is 1. The van der Waals surface area contributed by atoms with Gasteiger partial charge in [-0.2, -0.15) is 0 Å². The fraction of sp³-hybridized carbons (Fsp3) is 0.346. The van der Waals surface area contributed by atoms with Crippen LogP contribution in [0, 0.1) is 0 Å². The molecule has 170 valence electrons. The Labute approximate surface area is 197 Å². The standard InChI is InChI=1S/C26H27N3O3S/c1-26(2)17-28(20-10-6-12-27-24(20)26)21(22-11-7-13-33-22)15-23(30)29-19(16-32-25(29)31)14-18-8-4-3-5-9-18/h3-13,19,21H,14-17H2,1-2H3/t19-,21+/m0/s1. The average molecular weight is 462 g/mol. The SMILES string of the molecule is CC1(C)CN([C@H](CC(=O)N2C(=O)OC[C@@H]2Cc2ccccc2)c2cccs2)c2cccnc21. The van der Waals surface area contributed by atoms with E-state index in [4.69, 9.17) is 4.74 Å². The number of carbonyl (C=O) groups is 2. The van der Waals surface area contributed by atoms with Gasteiger partial charge in [-0.1, -0.05) is 50.2 Å². The van der Waals surface area contributed by atoms with E-state index in [0.29, 0.717) is 6.42 Å². The molecule has 2 atom stereocenters. The van der Waals surface area contributed by atoms with E-state index in [2.05, 4.69) is 35.9 Å². The van der Waals surface area contributed by atoms with Gasteiger partial charge >= 0.3 is 6.09 Å². The molecule has 0 spiro atoms. The number of hydrogen-bond acceptors (Lipinski definition) is 6. The van der Waals surface area contributed by atoms with Crippen molar-refractivity contribution in [3.8, 4) is 0 Å². The zero-order valence-corrected chi connectivity index (χ0v) is 19.6. The maximum Gasteiger partial charge on any atom is 0.416 e. The summed E-state index contributed by atoms with van der Waals surface area (Å²) >= 11 is 1.63. The summed E-state index contributed by atoms with van der Waals surface area (Å²) in [4.78, 5) is 35.5. The summed E-state index contributed by atoms with van der Waals surface area (Å²) in [6, 6.07) is 17.5. The normalized spacial score (nSPS) is 19.9. The summed E-state index contributed by atoms with van der Waals surface area (Å²) in [5, 5.41) is 2.03. The maximum absolute atomic E-state index is 13.6. The van der Waals surface area contributed by atoms with Crippen LogP contribution < -0.4 is 4.90 Å². The minimum Gasteiger partial charge on any atom is -0.447 e. The van der Waals surface area contributed by atoms with Crippen LogP contribution in [0.5, 0.6) is 0 Å². The molecule has 4 heterocycles. The maximum atomic E-state index is 13.6. The zero-order valence-electron chi connectivity index (χ0n) is 18.8. The predicted octanol–water partition coefficient (Wildman–Crippen LogP) is 4.96. The van der Waals surface area contributed by atoms with Crippen molar-refractivity contribution in [3.05, 3.63) is 82.3 Å². The summed E-state index contributed by atoms with van der Waals surface area (Å²) in [6.45, 7) is 5.35. The van der Waals surface area contributed by atoms with Gasteiger partial charge < -0.3 is 9.64 Å². The van der Waals surface area contributed by atoms with Gasteiger partial charge in [-0.05, 0) is 35.6 Å². The first-order chi connectivity index (χ1) is 15.9.